The van der Waals surface area contributed by atoms with Crippen LogP contribution in [0.15, 0.2) is 24.3 Å². The number of halogens is 1. The molecule has 2 N–H and O–H groups in total. The van der Waals surface area contributed by atoms with Crippen LogP contribution in [0.3, 0.4) is 0 Å². The van der Waals surface area contributed by atoms with E-state index in [1.165, 1.54) is 18.4 Å². The third-order valence-electron chi connectivity index (χ3n) is 5.44. The van der Waals surface area contributed by atoms with Gasteiger partial charge in [0.25, 0.3) is 5.91 Å². The molecule has 3 rings (SSSR count). The van der Waals surface area contributed by atoms with Crippen LogP contribution in [0.5, 0.6) is 0 Å². The number of carbonyl (C=O) groups is 1. The van der Waals surface area contributed by atoms with Crippen LogP contribution in [-0.4, -0.2) is 29.9 Å². The standard InChI is InChI=1S/C19H28N2O.ClH/c1-19(2,3)15-9-7-13(8-10-15)18(22)21-11-14-5-4-6-17(20)16(14)12-21;/h7-10,14,16-17H,4-6,11-12,20H2,1-3H3;1H. The summed E-state index contributed by atoms with van der Waals surface area (Å²) in [4.78, 5) is 14.8. The van der Waals surface area contributed by atoms with E-state index in [0.29, 0.717) is 11.8 Å². The Kier molecular flexibility index (Phi) is 5.42. The van der Waals surface area contributed by atoms with Gasteiger partial charge in [-0.2, -0.15) is 0 Å². The average molecular weight is 337 g/mol. The molecule has 4 heteroatoms. The molecule has 2 fully saturated rings. The van der Waals surface area contributed by atoms with Crippen molar-refractivity contribution < 1.29 is 4.79 Å². The highest BCUT2D eigenvalue weighted by atomic mass is 35.5. The lowest BCUT2D eigenvalue weighted by Gasteiger charge is -2.29. The van der Waals surface area contributed by atoms with Crippen LogP contribution in [0.1, 0.15) is 56.0 Å². The second-order valence-electron chi connectivity index (χ2n) is 8.06. The molecule has 1 aliphatic carbocycles. The first-order chi connectivity index (χ1) is 10.4. The molecule has 23 heavy (non-hydrogen) atoms. The highest BCUT2D eigenvalue weighted by molar-refractivity contribution is 5.94. The van der Waals surface area contributed by atoms with Gasteiger partial charge in [0, 0.05) is 24.7 Å². The molecule has 128 valence electrons. The van der Waals surface area contributed by atoms with Gasteiger partial charge in [-0.25, -0.2) is 0 Å². The Morgan fingerprint density at radius 2 is 1.78 bits per heavy atom. The number of fused-ring (bicyclic) bond motifs is 1. The van der Waals surface area contributed by atoms with Gasteiger partial charge < -0.3 is 10.6 Å². The molecule has 2 aliphatic rings. The highest BCUT2D eigenvalue weighted by Crippen LogP contribution is 2.36. The van der Waals surface area contributed by atoms with E-state index in [1.54, 1.807) is 0 Å². The van der Waals surface area contributed by atoms with Crippen molar-refractivity contribution in [1.29, 1.82) is 0 Å². The topological polar surface area (TPSA) is 46.3 Å². The molecule has 0 aromatic heterocycles. The summed E-state index contributed by atoms with van der Waals surface area (Å²) in [5.41, 5.74) is 8.44. The summed E-state index contributed by atoms with van der Waals surface area (Å²) >= 11 is 0. The van der Waals surface area contributed by atoms with Crippen LogP contribution in [-0.2, 0) is 5.41 Å². The number of benzene rings is 1. The number of amides is 1. The van der Waals surface area contributed by atoms with Gasteiger partial charge in [-0.1, -0.05) is 39.3 Å². The monoisotopic (exact) mass is 336 g/mol. The van der Waals surface area contributed by atoms with E-state index in [0.717, 1.165) is 25.1 Å². The van der Waals surface area contributed by atoms with Crippen molar-refractivity contribution in [3.8, 4) is 0 Å². The van der Waals surface area contributed by atoms with E-state index in [-0.39, 0.29) is 29.8 Å². The minimum atomic E-state index is 0. The normalized spacial score (nSPS) is 27.3. The Morgan fingerprint density at radius 1 is 1.13 bits per heavy atom. The molecule has 1 saturated carbocycles. The summed E-state index contributed by atoms with van der Waals surface area (Å²) in [6.07, 6.45) is 3.55. The van der Waals surface area contributed by atoms with Gasteiger partial charge in [0.15, 0.2) is 0 Å². The van der Waals surface area contributed by atoms with Crippen LogP contribution < -0.4 is 5.73 Å². The number of hydrogen-bond acceptors (Lipinski definition) is 2. The lowest BCUT2D eigenvalue weighted by molar-refractivity contribution is 0.0783. The summed E-state index contributed by atoms with van der Waals surface area (Å²) in [5, 5.41) is 0. The van der Waals surface area contributed by atoms with Crippen LogP contribution in [0.2, 0.25) is 0 Å². The quantitative estimate of drug-likeness (QED) is 0.851. The molecule has 3 atom stereocenters. The summed E-state index contributed by atoms with van der Waals surface area (Å²) in [5.74, 6) is 1.29. The number of nitrogens with two attached hydrogens (primary N) is 1. The van der Waals surface area contributed by atoms with E-state index in [1.807, 2.05) is 17.0 Å². The fourth-order valence-electron chi connectivity index (χ4n) is 3.98. The average Bonchev–Trinajstić information content (AvgIpc) is 2.91. The molecule has 0 bridgehead atoms. The van der Waals surface area contributed by atoms with Gasteiger partial charge in [-0.15, -0.1) is 12.4 Å². The van der Waals surface area contributed by atoms with Crippen molar-refractivity contribution in [3.63, 3.8) is 0 Å². The van der Waals surface area contributed by atoms with Gasteiger partial charge in [-0.05, 0) is 47.8 Å². The van der Waals surface area contributed by atoms with Crippen molar-refractivity contribution in [2.24, 2.45) is 17.6 Å². The van der Waals surface area contributed by atoms with E-state index >= 15 is 0 Å². The first-order valence-corrected chi connectivity index (χ1v) is 8.51. The molecule has 1 aromatic rings. The lowest BCUT2D eigenvalue weighted by Crippen LogP contribution is -2.38. The summed E-state index contributed by atoms with van der Waals surface area (Å²) in [7, 11) is 0. The van der Waals surface area contributed by atoms with E-state index < -0.39 is 0 Å². The predicted molar refractivity (Wildman–Crippen MR) is 97.1 cm³/mol. The summed E-state index contributed by atoms with van der Waals surface area (Å²) in [6, 6.07) is 8.40. The SMILES string of the molecule is CC(C)(C)c1ccc(C(=O)N2CC3CCCC(N)C3C2)cc1.Cl. The van der Waals surface area contributed by atoms with E-state index in [9.17, 15) is 4.79 Å². The maximum absolute atomic E-state index is 12.7. The first kappa shape index (κ1) is 18.3. The zero-order valence-corrected chi connectivity index (χ0v) is 15.2. The number of hydrogen-bond donors (Lipinski definition) is 1. The lowest BCUT2D eigenvalue weighted by atomic mass is 9.78. The largest absolute Gasteiger partial charge is 0.338 e. The smallest absolute Gasteiger partial charge is 0.253 e. The zero-order valence-electron chi connectivity index (χ0n) is 14.4. The van der Waals surface area contributed by atoms with Gasteiger partial charge >= 0.3 is 0 Å². The van der Waals surface area contributed by atoms with E-state index in [2.05, 4.69) is 32.9 Å². The number of nitrogens with zero attached hydrogens (tertiary/aromatic N) is 1. The van der Waals surface area contributed by atoms with Gasteiger partial charge in [0.2, 0.25) is 0 Å². The van der Waals surface area contributed by atoms with Gasteiger partial charge in [0.1, 0.15) is 0 Å². The Balaban J connectivity index is 0.00000192. The maximum Gasteiger partial charge on any atom is 0.253 e. The van der Waals surface area contributed by atoms with E-state index in [4.69, 9.17) is 5.73 Å². The number of rotatable bonds is 1. The first-order valence-electron chi connectivity index (χ1n) is 8.51. The fraction of sp³-hybridized carbons (Fsp3) is 0.632. The highest BCUT2D eigenvalue weighted by Gasteiger charge is 2.40. The molecule has 0 radical (unpaired) electrons. The second-order valence-corrected chi connectivity index (χ2v) is 8.06. The van der Waals surface area contributed by atoms with Crippen molar-refractivity contribution in [3.05, 3.63) is 35.4 Å². The van der Waals surface area contributed by atoms with Crippen LogP contribution >= 0.6 is 12.4 Å². The third-order valence-corrected chi connectivity index (χ3v) is 5.44. The Bertz CT molecular complexity index is 549. The van der Waals surface area contributed by atoms with Gasteiger partial charge in [-0.3, -0.25) is 4.79 Å². The Labute approximate surface area is 146 Å². The molecule has 1 aromatic carbocycles. The molecule has 1 amide bonds. The van der Waals surface area contributed by atoms with Crippen molar-refractivity contribution in [2.75, 3.05) is 13.1 Å². The van der Waals surface area contributed by atoms with Crippen molar-refractivity contribution in [2.45, 2.75) is 51.5 Å². The molecule has 1 saturated heterocycles. The number of carbonyl (C=O) groups excluding carboxylic acids is 1. The number of likely N-dealkylation sites (tertiary alicyclic amines) is 1. The Morgan fingerprint density at radius 3 is 2.35 bits per heavy atom. The van der Waals surface area contributed by atoms with Crippen molar-refractivity contribution in [1.82, 2.24) is 4.90 Å². The molecule has 1 heterocycles. The molecular formula is C19H29ClN2O. The van der Waals surface area contributed by atoms with Crippen LogP contribution in [0.4, 0.5) is 0 Å². The minimum absolute atomic E-state index is 0. The van der Waals surface area contributed by atoms with Crippen LogP contribution in [0.25, 0.3) is 0 Å². The maximum atomic E-state index is 12.7. The zero-order chi connectivity index (χ0) is 15.9. The van der Waals surface area contributed by atoms with Crippen molar-refractivity contribution >= 4 is 18.3 Å². The molecule has 3 unspecified atom stereocenters. The fourth-order valence-corrected chi connectivity index (χ4v) is 3.98. The second kappa shape index (κ2) is 6.82. The Hall–Kier alpha value is -1.06. The molecule has 0 spiro atoms. The van der Waals surface area contributed by atoms with Gasteiger partial charge in [0.05, 0.1) is 0 Å². The molecular weight excluding hydrogens is 308 g/mol. The molecule has 1 aliphatic heterocycles. The predicted octanol–water partition coefficient (Wildman–Crippen LogP) is 3.61. The molecule has 3 nitrogen and oxygen atoms in total. The minimum Gasteiger partial charge on any atom is -0.338 e. The third kappa shape index (κ3) is 3.72. The summed E-state index contributed by atoms with van der Waals surface area (Å²) in [6.45, 7) is 8.30. The van der Waals surface area contributed by atoms with Crippen LogP contribution in [0, 0.1) is 11.8 Å². The summed E-state index contributed by atoms with van der Waals surface area (Å²) < 4.78 is 0.